The Bertz CT molecular complexity index is 584. The van der Waals surface area contributed by atoms with Crippen LogP contribution in [-0.4, -0.2) is 52.6 Å². The maximum absolute atomic E-state index is 12.6. The van der Waals surface area contributed by atoms with Crippen LogP contribution < -0.4 is 0 Å². The molecule has 0 spiro atoms. The second-order valence-corrected chi connectivity index (χ2v) is 7.21. The molecule has 2 aliphatic rings. The molecule has 5 nitrogen and oxygen atoms in total. The molecule has 1 aliphatic heterocycles. The lowest BCUT2D eigenvalue weighted by atomic mass is 9.88. The van der Waals surface area contributed by atoms with Gasteiger partial charge in [-0.2, -0.15) is 0 Å². The van der Waals surface area contributed by atoms with Gasteiger partial charge in [0.15, 0.2) is 0 Å². The summed E-state index contributed by atoms with van der Waals surface area (Å²) in [4.78, 5) is 28.1. The number of aryl methyl sites for hydroxylation is 1. The number of hydrogen-bond acceptors (Lipinski definition) is 3. The quantitative estimate of drug-likeness (QED) is 0.891. The van der Waals surface area contributed by atoms with Crippen molar-refractivity contribution in [2.24, 2.45) is 5.92 Å². The summed E-state index contributed by atoms with van der Waals surface area (Å²) in [7, 11) is 0. The molecule has 0 radical (unpaired) electrons. The maximum Gasteiger partial charge on any atom is 0.244 e. The highest BCUT2D eigenvalue weighted by Crippen LogP contribution is 2.26. The lowest BCUT2D eigenvalue weighted by molar-refractivity contribution is -0.162. The van der Waals surface area contributed by atoms with Gasteiger partial charge in [0.1, 0.15) is 6.23 Å². The van der Waals surface area contributed by atoms with Crippen LogP contribution in [0.1, 0.15) is 44.1 Å². The van der Waals surface area contributed by atoms with Gasteiger partial charge in [0.25, 0.3) is 0 Å². The van der Waals surface area contributed by atoms with Crippen molar-refractivity contribution in [3.05, 3.63) is 35.9 Å². The van der Waals surface area contributed by atoms with Crippen molar-refractivity contribution in [1.29, 1.82) is 0 Å². The number of carbonyl (C=O) groups is 2. The molecule has 1 saturated heterocycles. The van der Waals surface area contributed by atoms with Crippen molar-refractivity contribution >= 4 is 11.8 Å². The van der Waals surface area contributed by atoms with Gasteiger partial charge in [0.2, 0.25) is 11.8 Å². The smallest absolute Gasteiger partial charge is 0.244 e. The number of amides is 2. The molecule has 1 saturated carbocycles. The first-order chi connectivity index (χ1) is 12.1. The Labute approximate surface area is 149 Å². The zero-order valence-corrected chi connectivity index (χ0v) is 14.8. The van der Waals surface area contributed by atoms with Crippen molar-refractivity contribution in [2.45, 2.75) is 51.2 Å². The van der Waals surface area contributed by atoms with Crippen molar-refractivity contribution in [3.63, 3.8) is 0 Å². The summed E-state index contributed by atoms with van der Waals surface area (Å²) in [5, 5.41) is 10.4. The third kappa shape index (κ3) is 4.60. The zero-order chi connectivity index (χ0) is 17.6. The fourth-order valence-corrected chi connectivity index (χ4v) is 3.93. The van der Waals surface area contributed by atoms with Gasteiger partial charge < -0.3 is 14.9 Å². The van der Waals surface area contributed by atoms with Crippen molar-refractivity contribution in [3.8, 4) is 0 Å². The molecule has 2 amide bonds. The summed E-state index contributed by atoms with van der Waals surface area (Å²) >= 11 is 0. The molecule has 1 aliphatic carbocycles. The monoisotopic (exact) mass is 344 g/mol. The van der Waals surface area contributed by atoms with Gasteiger partial charge in [-0.1, -0.05) is 49.6 Å². The molecule has 1 aromatic rings. The minimum atomic E-state index is -0.885. The second kappa shape index (κ2) is 8.48. The van der Waals surface area contributed by atoms with E-state index in [1.54, 1.807) is 4.90 Å². The zero-order valence-electron chi connectivity index (χ0n) is 14.8. The van der Waals surface area contributed by atoms with E-state index in [4.69, 9.17) is 0 Å². The van der Waals surface area contributed by atoms with Crippen LogP contribution in [0.25, 0.3) is 0 Å². The fourth-order valence-electron chi connectivity index (χ4n) is 3.93. The summed E-state index contributed by atoms with van der Waals surface area (Å²) in [5.74, 6) is -0.0506. The predicted molar refractivity (Wildman–Crippen MR) is 95.6 cm³/mol. The molecule has 1 atom stereocenters. The van der Waals surface area contributed by atoms with Crippen molar-refractivity contribution < 1.29 is 14.7 Å². The van der Waals surface area contributed by atoms with Crippen LogP contribution in [-0.2, 0) is 16.0 Å². The number of piperazine rings is 1. The summed E-state index contributed by atoms with van der Waals surface area (Å²) in [6.07, 6.45) is 6.01. The Kier molecular flexibility index (Phi) is 6.08. The van der Waals surface area contributed by atoms with Crippen LogP contribution in [0.3, 0.4) is 0 Å². The molecule has 2 fully saturated rings. The summed E-state index contributed by atoms with van der Waals surface area (Å²) in [5.41, 5.74) is 1.23. The van der Waals surface area contributed by atoms with E-state index >= 15 is 0 Å². The number of hydrogen-bond donors (Lipinski definition) is 1. The first kappa shape index (κ1) is 17.9. The van der Waals surface area contributed by atoms with E-state index in [1.807, 2.05) is 18.2 Å². The topological polar surface area (TPSA) is 60.9 Å². The highest BCUT2D eigenvalue weighted by Gasteiger charge is 2.35. The summed E-state index contributed by atoms with van der Waals surface area (Å²) < 4.78 is 0. The highest BCUT2D eigenvalue weighted by molar-refractivity contribution is 5.87. The first-order valence-corrected chi connectivity index (χ1v) is 9.45. The van der Waals surface area contributed by atoms with Gasteiger partial charge >= 0.3 is 0 Å². The third-order valence-electron chi connectivity index (χ3n) is 5.36. The van der Waals surface area contributed by atoms with E-state index in [0.717, 1.165) is 38.5 Å². The van der Waals surface area contributed by atoms with Crippen molar-refractivity contribution in [2.75, 3.05) is 19.6 Å². The number of β-amino-alcohol motifs (C(OH)–C–C–N with tert-alkyl or cyclic N) is 1. The lowest BCUT2D eigenvalue weighted by Crippen LogP contribution is -2.59. The van der Waals surface area contributed by atoms with Gasteiger partial charge in [-0.15, -0.1) is 0 Å². The van der Waals surface area contributed by atoms with E-state index < -0.39 is 6.23 Å². The molecular formula is C20H28N2O3. The standard InChI is InChI=1S/C20H28N2O3/c23-18-14-21(20(25)17-11-5-2-6-12-17)15-19(24)22(18)13-7-10-16-8-3-1-4-9-16/h1,3-4,8-9,17-18,23H,2,5-7,10-15H2. The van der Waals surface area contributed by atoms with E-state index in [2.05, 4.69) is 12.1 Å². The maximum atomic E-state index is 12.6. The molecular weight excluding hydrogens is 316 g/mol. The number of nitrogens with zero attached hydrogens (tertiary/aromatic N) is 2. The number of rotatable bonds is 5. The number of benzene rings is 1. The lowest BCUT2D eigenvalue weighted by Gasteiger charge is -2.40. The molecule has 1 heterocycles. The molecule has 0 aromatic heterocycles. The van der Waals surface area contributed by atoms with Crippen LogP contribution in [0.15, 0.2) is 30.3 Å². The average molecular weight is 344 g/mol. The van der Waals surface area contributed by atoms with Gasteiger partial charge in [-0.25, -0.2) is 0 Å². The summed E-state index contributed by atoms with van der Waals surface area (Å²) in [6.45, 7) is 0.879. The fraction of sp³-hybridized carbons (Fsp3) is 0.600. The second-order valence-electron chi connectivity index (χ2n) is 7.21. The SMILES string of the molecule is O=C(C1CCCCC1)N1CC(=O)N(CCCc2ccccc2)C(O)C1. The van der Waals surface area contributed by atoms with E-state index in [-0.39, 0.29) is 30.8 Å². The molecule has 136 valence electrons. The average Bonchev–Trinajstić information content (AvgIpc) is 2.65. The minimum absolute atomic E-state index is 0.0402. The Morgan fingerprint density at radius 2 is 1.84 bits per heavy atom. The minimum Gasteiger partial charge on any atom is -0.372 e. The van der Waals surface area contributed by atoms with E-state index in [1.165, 1.54) is 16.9 Å². The van der Waals surface area contributed by atoms with E-state index in [9.17, 15) is 14.7 Å². The number of aliphatic hydroxyl groups excluding tert-OH is 1. The Morgan fingerprint density at radius 1 is 1.12 bits per heavy atom. The van der Waals surface area contributed by atoms with Crippen LogP contribution in [0.4, 0.5) is 0 Å². The van der Waals surface area contributed by atoms with Gasteiger partial charge in [0.05, 0.1) is 13.1 Å². The molecule has 1 N–H and O–H groups in total. The molecule has 5 heteroatoms. The van der Waals surface area contributed by atoms with Crippen LogP contribution in [0.5, 0.6) is 0 Å². The molecule has 0 bridgehead atoms. The summed E-state index contributed by atoms with van der Waals surface area (Å²) in [6, 6.07) is 10.1. The molecule has 1 unspecified atom stereocenters. The van der Waals surface area contributed by atoms with Gasteiger partial charge in [-0.05, 0) is 31.2 Å². The van der Waals surface area contributed by atoms with Gasteiger partial charge in [0, 0.05) is 12.5 Å². The molecule has 25 heavy (non-hydrogen) atoms. The first-order valence-electron chi connectivity index (χ1n) is 9.45. The Hall–Kier alpha value is -1.88. The third-order valence-corrected chi connectivity index (χ3v) is 5.36. The Balaban J connectivity index is 1.49. The van der Waals surface area contributed by atoms with Crippen LogP contribution in [0, 0.1) is 5.92 Å². The van der Waals surface area contributed by atoms with Gasteiger partial charge in [-0.3, -0.25) is 9.59 Å². The molecule has 1 aromatic carbocycles. The van der Waals surface area contributed by atoms with E-state index in [0.29, 0.717) is 6.54 Å². The van der Waals surface area contributed by atoms with Crippen LogP contribution in [0.2, 0.25) is 0 Å². The molecule has 3 rings (SSSR count). The van der Waals surface area contributed by atoms with Crippen LogP contribution >= 0.6 is 0 Å². The Morgan fingerprint density at radius 3 is 2.52 bits per heavy atom. The largest absolute Gasteiger partial charge is 0.372 e. The highest BCUT2D eigenvalue weighted by atomic mass is 16.3. The predicted octanol–water partition coefficient (Wildman–Crippen LogP) is 2.19. The number of carbonyl (C=O) groups excluding carboxylic acids is 2. The normalized spacial score (nSPS) is 22.3. The van der Waals surface area contributed by atoms with Crippen molar-refractivity contribution in [1.82, 2.24) is 9.80 Å². The number of aliphatic hydroxyl groups is 1.